The van der Waals surface area contributed by atoms with Gasteiger partial charge in [-0.2, -0.15) is 5.10 Å². The van der Waals surface area contributed by atoms with E-state index in [1.165, 1.54) is 12.8 Å². The smallest absolute Gasteiger partial charge is 0.220 e. The molecule has 1 saturated heterocycles. The Labute approximate surface area is 121 Å². The Morgan fingerprint density at radius 1 is 1.50 bits per heavy atom. The van der Waals surface area contributed by atoms with Gasteiger partial charge >= 0.3 is 0 Å². The molecule has 0 atom stereocenters. The van der Waals surface area contributed by atoms with Gasteiger partial charge in [0.05, 0.1) is 5.69 Å². The van der Waals surface area contributed by atoms with Crippen molar-refractivity contribution >= 4 is 5.91 Å². The Morgan fingerprint density at radius 2 is 2.25 bits per heavy atom. The van der Waals surface area contributed by atoms with Crippen LogP contribution in [0.1, 0.15) is 43.9 Å². The summed E-state index contributed by atoms with van der Waals surface area (Å²) in [4.78, 5) is 11.9. The fourth-order valence-electron chi connectivity index (χ4n) is 2.82. The third-order valence-corrected chi connectivity index (χ3v) is 4.04. The Kier molecular flexibility index (Phi) is 5.59. The molecule has 2 heterocycles. The maximum absolute atomic E-state index is 11.9. The second-order valence-corrected chi connectivity index (χ2v) is 5.64. The first kappa shape index (κ1) is 15.0. The fourth-order valence-corrected chi connectivity index (χ4v) is 2.82. The summed E-state index contributed by atoms with van der Waals surface area (Å²) >= 11 is 0. The van der Waals surface area contributed by atoms with E-state index in [0.29, 0.717) is 18.9 Å². The number of nitrogens with zero attached hydrogens (tertiary/aromatic N) is 2. The van der Waals surface area contributed by atoms with Crippen molar-refractivity contribution in [1.29, 1.82) is 0 Å². The number of amides is 1. The van der Waals surface area contributed by atoms with Gasteiger partial charge in [0.25, 0.3) is 0 Å². The van der Waals surface area contributed by atoms with E-state index in [1.807, 2.05) is 17.9 Å². The van der Waals surface area contributed by atoms with Crippen molar-refractivity contribution in [3.05, 3.63) is 17.5 Å². The van der Waals surface area contributed by atoms with Gasteiger partial charge in [-0.1, -0.05) is 6.92 Å². The molecule has 5 nitrogen and oxygen atoms in total. The molecule has 5 heteroatoms. The summed E-state index contributed by atoms with van der Waals surface area (Å²) in [5.74, 6) is 0.876. The van der Waals surface area contributed by atoms with Gasteiger partial charge in [-0.25, -0.2) is 0 Å². The largest absolute Gasteiger partial charge is 0.352 e. The van der Waals surface area contributed by atoms with Crippen molar-refractivity contribution in [3.8, 4) is 0 Å². The van der Waals surface area contributed by atoms with Crippen molar-refractivity contribution in [2.45, 2.75) is 45.6 Å². The van der Waals surface area contributed by atoms with Gasteiger partial charge in [0.1, 0.15) is 0 Å². The Bertz CT molecular complexity index is 435. The van der Waals surface area contributed by atoms with E-state index in [0.717, 1.165) is 37.2 Å². The molecule has 0 aromatic carbocycles. The van der Waals surface area contributed by atoms with Crippen molar-refractivity contribution in [2.24, 2.45) is 13.0 Å². The van der Waals surface area contributed by atoms with Crippen LogP contribution < -0.4 is 10.6 Å². The van der Waals surface area contributed by atoms with Crippen LogP contribution in [0.2, 0.25) is 0 Å². The molecule has 2 N–H and O–H groups in total. The number of hydrogen-bond acceptors (Lipinski definition) is 3. The summed E-state index contributed by atoms with van der Waals surface area (Å²) < 4.78 is 1.81. The molecule has 112 valence electrons. The summed E-state index contributed by atoms with van der Waals surface area (Å²) in [6.07, 6.45) is 6.96. The minimum absolute atomic E-state index is 0.162. The average molecular weight is 278 g/mol. The van der Waals surface area contributed by atoms with Crippen LogP contribution in [0.3, 0.4) is 0 Å². The van der Waals surface area contributed by atoms with Crippen LogP contribution >= 0.6 is 0 Å². The van der Waals surface area contributed by atoms with Gasteiger partial charge in [-0.3, -0.25) is 9.48 Å². The van der Waals surface area contributed by atoms with E-state index < -0.39 is 0 Å². The molecule has 0 unspecified atom stereocenters. The van der Waals surface area contributed by atoms with E-state index in [1.54, 1.807) is 0 Å². The predicted molar refractivity (Wildman–Crippen MR) is 79.3 cm³/mol. The van der Waals surface area contributed by atoms with Crippen molar-refractivity contribution in [2.75, 3.05) is 13.1 Å². The first-order chi connectivity index (χ1) is 9.69. The van der Waals surface area contributed by atoms with Gasteiger partial charge in [-0.05, 0) is 44.7 Å². The minimum atomic E-state index is 0.162. The van der Waals surface area contributed by atoms with Crippen LogP contribution in [0.15, 0.2) is 6.20 Å². The SMILES string of the molecule is CCc1nn(C)cc1CNC(=O)CCC1CCNCC1. The molecule has 0 spiro atoms. The summed E-state index contributed by atoms with van der Waals surface area (Å²) in [7, 11) is 1.92. The quantitative estimate of drug-likeness (QED) is 0.826. The molecule has 2 rings (SSSR count). The van der Waals surface area contributed by atoms with E-state index in [2.05, 4.69) is 22.7 Å². The standard InChI is InChI=1S/C15H26N4O/c1-3-14-13(11-19(2)18-14)10-17-15(20)5-4-12-6-8-16-9-7-12/h11-12,16H,3-10H2,1-2H3,(H,17,20). The molecule has 0 radical (unpaired) electrons. The molecule has 0 saturated carbocycles. The Morgan fingerprint density at radius 3 is 2.95 bits per heavy atom. The zero-order valence-electron chi connectivity index (χ0n) is 12.6. The number of carbonyl (C=O) groups excluding carboxylic acids is 1. The predicted octanol–water partition coefficient (Wildman–Crippen LogP) is 1.38. The minimum Gasteiger partial charge on any atom is -0.352 e. The first-order valence-corrected chi connectivity index (χ1v) is 7.67. The van der Waals surface area contributed by atoms with Crippen LogP contribution in [0.4, 0.5) is 0 Å². The summed E-state index contributed by atoms with van der Waals surface area (Å²) in [6.45, 7) is 4.89. The monoisotopic (exact) mass is 278 g/mol. The summed E-state index contributed by atoms with van der Waals surface area (Å²) in [5, 5.41) is 10.8. The Balaban J connectivity index is 1.71. The molecule has 1 aromatic heterocycles. The summed E-state index contributed by atoms with van der Waals surface area (Å²) in [5.41, 5.74) is 2.20. The second-order valence-electron chi connectivity index (χ2n) is 5.64. The number of aryl methyl sites for hydroxylation is 2. The first-order valence-electron chi connectivity index (χ1n) is 7.67. The molecule has 1 fully saturated rings. The van der Waals surface area contributed by atoms with Gasteiger partial charge in [0, 0.05) is 31.8 Å². The number of piperidine rings is 1. The topological polar surface area (TPSA) is 59.0 Å². The van der Waals surface area contributed by atoms with Crippen LogP contribution in [0, 0.1) is 5.92 Å². The lowest BCUT2D eigenvalue weighted by molar-refractivity contribution is -0.121. The number of nitrogens with one attached hydrogen (secondary N) is 2. The summed E-state index contributed by atoms with van der Waals surface area (Å²) in [6, 6.07) is 0. The molecular formula is C15H26N4O. The van der Waals surface area contributed by atoms with Crippen LogP contribution in [-0.2, 0) is 24.8 Å². The van der Waals surface area contributed by atoms with Gasteiger partial charge in [0.2, 0.25) is 5.91 Å². The maximum Gasteiger partial charge on any atom is 0.220 e. The molecule has 0 bridgehead atoms. The lowest BCUT2D eigenvalue weighted by Crippen LogP contribution is -2.29. The van der Waals surface area contributed by atoms with Crippen LogP contribution in [-0.4, -0.2) is 28.8 Å². The van der Waals surface area contributed by atoms with E-state index >= 15 is 0 Å². The Hall–Kier alpha value is -1.36. The van der Waals surface area contributed by atoms with Crippen LogP contribution in [0.5, 0.6) is 0 Å². The number of rotatable bonds is 6. The van der Waals surface area contributed by atoms with E-state index in [4.69, 9.17) is 0 Å². The molecule has 1 aliphatic heterocycles. The highest BCUT2D eigenvalue weighted by atomic mass is 16.1. The van der Waals surface area contributed by atoms with Gasteiger partial charge < -0.3 is 10.6 Å². The number of aromatic nitrogens is 2. The van der Waals surface area contributed by atoms with E-state index in [-0.39, 0.29) is 5.91 Å². The third-order valence-electron chi connectivity index (χ3n) is 4.04. The molecule has 20 heavy (non-hydrogen) atoms. The van der Waals surface area contributed by atoms with Crippen LogP contribution in [0.25, 0.3) is 0 Å². The molecule has 0 aliphatic carbocycles. The lowest BCUT2D eigenvalue weighted by atomic mass is 9.93. The van der Waals surface area contributed by atoms with E-state index in [9.17, 15) is 4.79 Å². The number of hydrogen-bond donors (Lipinski definition) is 2. The van der Waals surface area contributed by atoms with Crippen molar-refractivity contribution in [1.82, 2.24) is 20.4 Å². The number of carbonyl (C=O) groups is 1. The average Bonchev–Trinajstić information content (AvgIpc) is 2.84. The molecule has 1 aromatic rings. The van der Waals surface area contributed by atoms with Gasteiger partial charge in [0.15, 0.2) is 0 Å². The van der Waals surface area contributed by atoms with Crippen molar-refractivity contribution in [3.63, 3.8) is 0 Å². The lowest BCUT2D eigenvalue weighted by Gasteiger charge is -2.22. The fraction of sp³-hybridized carbons (Fsp3) is 0.733. The maximum atomic E-state index is 11.9. The highest BCUT2D eigenvalue weighted by Gasteiger charge is 2.14. The molecule has 1 amide bonds. The zero-order valence-corrected chi connectivity index (χ0v) is 12.6. The molecular weight excluding hydrogens is 252 g/mol. The van der Waals surface area contributed by atoms with Gasteiger partial charge in [-0.15, -0.1) is 0 Å². The highest BCUT2D eigenvalue weighted by molar-refractivity contribution is 5.75. The second kappa shape index (κ2) is 7.43. The highest BCUT2D eigenvalue weighted by Crippen LogP contribution is 2.17. The normalized spacial score (nSPS) is 16.3. The molecule has 1 aliphatic rings. The van der Waals surface area contributed by atoms with Crippen molar-refractivity contribution < 1.29 is 4.79 Å². The zero-order chi connectivity index (χ0) is 14.4. The third kappa shape index (κ3) is 4.34.